The van der Waals surface area contributed by atoms with E-state index in [1.807, 2.05) is 0 Å². The average molecular weight is 312 g/mol. The van der Waals surface area contributed by atoms with E-state index in [1.165, 1.54) is 19.3 Å². The maximum atomic E-state index is 12.0. The Bertz CT molecular complexity index is 540. The van der Waals surface area contributed by atoms with Crippen molar-refractivity contribution in [2.24, 2.45) is 0 Å². The van der Waals surface area contributed by atoms with Gasteiger partial charge in [-0.2, -0.15) is 0 Å². The zero-order valence-corrected chi connectivity index (χ0v) is 13.1. The lowest BCUT2D eigenvalue weighted by molar-refractivity contribution is 0.232. The number of benzene rings is 1. The van der Waals surface area contributed by atoms with Gasteiger partial charge in [-0.1, -0.05) is 30.7 Å². The van der Waals surface area contributed by atoms with Crippen LogP contribution in [0.25, 0.3) is 0 Å². The summed E-state index contributed by atoms with van der Waals surface area (Å²) in [6.45, 7) is 3.30. The maximum Gasteiger partial charge on any atom is 0.215 e. The van der Waals surface area contributed by atoms with Crippen LogP contribution in [-0.4, -0.2) is 44.6 Å². The van der Waals surface area contributed by atoms with Crippen LogP contribution in [0.1, 0.15) is 30.4 Å². The van der Waals surface area contributed by atoms with Crippen LogP contribution in [0, 0.1) is 0 Å². The van der Waals surface area contributed by atoms with Crippen molar-refractivity contribution in [1.82, 2.24) is 9.62 Å². The summed E-state index contributed by atoms with van der Waals surface area (Å²) in [5, 5.41) is 9.08. The smallest absolute Gasteiger partial charge is 0.215 e. The van der Waals surface area contributed by atoms with E-state index in [2.05, 4.69) is 9.62 Å². The molecule has 118 valence electrons. The minimum Gasteiger partial charge on any atom is -0.392 e. The molecule has 1 aliphatic rings. The highest BCUT2D eigenvalue weighted by Crippen LogP contribution is 2.09. The number of hydrogen-bond donors (Lipinski definition) is 2. The summed E-state index contributed by atoms with van der Waals surface area (Å²) in [5.41, 5.74) is 1.43. The fraction of sp³-hybridized carbons (Fsp3) is 0.600. The number of hydrogen-bond acceptors (Lipinski definition) is 4. The summed E-state index contributed by atoms with van der Waals surface area (Å²) in [6, 6.07) is 7.04. The van der Waals surface area contributed by atoms with Crippen molar-refractivity contribution >= 4 is 10.0 Å². The summed E-state index contributed by atoms with van der Waals surface area (Å²) < 4.78 is 26.8. The van der Waals surface area contributed by atoms with Crippen LogP contribution in [0.5, 0.6) is 0 Å². The zero-order valence-electron chi connectivity index (χ0n) is 12.3. The van der Waals surface area contributed by atoms with Crippen molar-refractivity contribution in [2.45, 2.75) is 31.6 Å². The van der Waals surface area contributed by atoms with Gasteiger partial charge in [0.05, 0.1) is 12.4 Å². The van der Waals surface area contributed by atoms with E-state index >= 15 is 0 Å². The molecule has 0 radical (unpaired) electrons. The van der Waals surface area contributed by atoms with E-state index in [1.54, 1.807) is 24.3 Å². The first-order valence-electron chi connectivity index (χ1n) is 7.47. The van der Waals surface area contributed by atoms with Gasteiger partial charge in [-0.25, -0.2) is 13.1 Å². The first kappa shape index (κ1) is 16.4. The van der Waals surface area contributed by atoms with E-state index < -0.39 is 10.0 Å². The Hall–Kier alpha value is -0.950. The lowest BCUT2D eigenvalue weighted by atomic mass is 10.1. The normalized spacial score (nSPS) is 17.0. The van der Waals surface area contributed by atoms with Gasteiger partial charge in [0.15, 0.2) is 0 Å². The van der Waals surface area contributed by atoms with Gasteiger partial charge in [0.25, 0.3) is 0 Å². The molecule has 0 saturated carbocycles. The number of sulfonamides is 1. The molecule has 0 bridgehead atoms. The van der Waals surface area contributed by atoms with Crippen LogP contribution in [0.2, 0.25) is 0 Å². The zero-order chi connectivity index (χ0) is 15.1. The summed E-state index contributed by atoms with van der Waals surface area (Å²) in [7, 11) is -3.32. The Labute approximate surface area is 127 Å². The lowest BCUT2D eigenvalue weighted by Gasteiger charge is -2.26. The van der Waals surface area contributed by atoms with Crippen LogP contribution in [0.4, 0.5) is 0 Å². The molecule has 0 atom stereocenters. The predicted molar refractivity (Wildman–Crippen MR) is 83.3 cm³/mol. The second-order valence-electron chi connectivity index (χ2n) is 5.53. The van der Waals surface area contributed by atoms with Crippen molar-refractivity contribution in [1.29, 1.82) is 0 Å². The molecule has 6 heteroatoms. The van der Waals surface area contributed by atoms with Gasteiger partial charge in [-0.3, -0.25) is 0 Å². The summed E-state index contributed by atoms with van der Waals surface area (Å²) in [6.07, 6.45) is 3.70. The third-order valence-corrected chi connectivity index (χ3v) is 5.09. The third kappa shape index (κ3) is 5.74. The van der Waals surface area contributed by atoms with Crippen molar-refractivity contribution in [2.75, 3.05) is 26.2 Å². The molecule has 0 unspecified atom stereocenters. The third-order valence-electron chi connectivity index (χ3n) is 3.73. The predicted octanol–water partition coefficient (Wildman–Crippen LogP) is 1.08. The van der Waals surface area contributed by atoms with Crippen LogP contribution in [0.15, 0.2) is 24.3 Å². The van der Waals surface area contributed by atoms with Crippen LogP contribution >= 0.6 is 0 Å². The van der Waals surface area contributed by atoms with E-state index in [0.29, 0.717) is 12.1 Å². The summed E-state index contributed by atoms with van der Waals surface area (Å²) >= 11 is 0. The van der Waals surface area contributed by atoms with Crippen molar-refractivity contribution in [3.05, 3.63) is 35.4 Å². The van der Waals surface area contributed by atoms with Crippen LogP contribution in [0.3, 0.4) is 0 Å². The highest BCUT2D eigenvalue weighted by Gasteiger charge is 2.14. The second kappa shape index (κ2) is 7.89. The van der Waals surface area contributed by atoms with Crippen molar-refractivity contribution in [3.8, 4) is 0 Å². The molecule has 2 rings (SSSR count). The van der Waals surface area contributed by atoms with E-state index in [4.69, 9.17) is 5.11 Å². The summed E-state index contributed by atoms with van der Waals surface area (Å²) in [4.78, 5) is 2.30. The molecule has 21 heavy (non-hydrogen) atoms. The number of aliphatic hydroxyl groups excluding tert-OH is 1. The minimum absolute atomic E-state index is 0.0408. The monoisotopic (exact) mass is 312 g/mol. The average Bonchev–Trinajstić information content (AvgIpc) is 2.48. The largest absolute Gasteiger partial charge is 0.392 e. The Balaban J connectivity index is 1.80. The molecule has 1 aromatic carbocycles. The van der Waals surface area contributed by atoms with E-state index in [9.17, 15) is 8.42 Å². The molecular formula is C15H24N2O3S. The number of piperidine rings is 1. The molecule has 1 heterocycles. The Morgan fingerprint density at radius 3 is 2.57 bits per heavy atom. The standard InChI is InChI=1S/C15H24N2O3S/c18-12-14-5-4-6-15(11-14)13-21(19,20)16-7-10-17-8-2-1-3-9-17/h4-6,11,16,18H,1-3,7-10,12-13H2. The Kier molecular flexibility index (Phi) is 6.17. The summed E-state index contributed by atoms with van der Waals surface area (Å²) in [5.74, 6) is -0.0408. The van der Waals surface area contributed by atoms with Crippen LogP contribution in [-0.2, 0) is 22.4 Å². The van der Waals surface area contributed by atoms with Gasteiger partial charge >= 0.3 is 0 Å². The van der Waals surface area contributed by atoms with Gasteiger partial charge in [0, 0.05) is 13.1 Å². The quantitative estimate of drug-likeness (QED) is 0.790. The van der Waals surface area contributed by atoms with E-state index in [0.717, 1.165) is 25.2 Å². The van der Waals surface area contributed by atoms with Gasteiger partial charge < -0.3 is 10.0 Å². The van der Waals surface area contributed by atoms with Gasteiger partial charge in [0.2, 0.25) is 10.0 Å². The fourth-order valence-corrected chi connectivity index (χ4v) is 3.75. The highest BCUT2D eigenvalue weighted by molar-refractivity contribution is 7.88. The van der Waals surface area contributed by atoms with E-state index in [-0.39, 0.29) is 12.4 Å². The number of aliphatic hydroxyl groups is 1. The Morgan fingerprint density at radius 2 is 1.86 bits per heavy atom. The van der Waals surface area contributed by atoms with Gasteiger partial charge in [-0.15, -0.1) is 0 Å². The number of rotatable bonds is 7. The molecule has 0 aliphatic carbocycles. The SMILES string of the molecule is O=S(=O)(Cc1cccc(CO)c1)NCCN1CCCCC1. The van der Waals surface area contributed by atoms with Crippen LogP contribution < -0.4 is 4.72 Å². The molecule has 5 nitrogen and oxygen atoms in total. The van der Waals surface area contributed by atoms with Gasteiger partial charge in [-0.05, 0) is 37.1 Å². The molecular weight excluding hydrogens is 288 g/mol. The molecule has 2 N–H and O–H groups in total. The number of nitrogens with zero attached hydrogens (tertiary/aromatic N) is 1. The molecule has 1 aromatic rings. The second-order valence-corrected chi connectivity index (χ2v) is 7.34. The highest BCUT2D eigenvalue weighted by atomic mass is 32.2. The fourth-order valence-electron chi connectivity index (χ4n) is 2.63. The first-order valence-corrected chi connectivity index (χ1v) is 9.13. The maximum absolute atomic E-state index is 12.0. The lowest BCUT2D eigenvalue weighted by Crippen LogP contribution is -2.38. The molecule has 0 aromatic heterocycles. The van der Waals surface area contributed by atoms with Crippen molar-refractivity contribution in [3.63, 3.8) is 0 Å². The van der Waals surface area contributed by atoms with Gasteiger partial charge in [0.1, 0.15) is 0 Å². The molecule has 0 amide bonds. The first-order chi connectivity index (χ1) is 10.1. The Morgan fingerprint density at radius 1 is 1.14 bits per heavy atom. The number of likely N-dealkylation sites (tertiary alicyclic amines) is 1. The number of nitrogens with one attached hydrogen (secondary N) is 1. The molecule has 1 saturated heterocycles. The van der Waals surface area contributed by atoms with Crippen molar-refractivity contribution < 1.29 is 13.5 Å². The molecule has 1 fully saturated rings. The topological polar surface area (TPSA) is 69.6 Å². The molecule has 0 spiro atoms. The molecule has 1 aliphatic heterocycles. The minimum atomic E-state index is -3.32.